The van der Waals surface area contributed by atoms with E-state index in [1.165, 1.54) is 5.69 Å². The molecule has 0 atom stereocenters. The summed E-state index contributed by atoms with van der Waals surface area (Å²) in [5.74, 6) is 0.949. The molecule has 1 aromatic carbocycles. The summed E-state index contributed by atoms with van der Waals surface area (Å²) < 4.78 is 4.29. The first-order valence-electron chi connectivity index (χ1n) is 7.97. The quantitative estimate of drug-likeness (QED) is 0.729. The Labute approximate surface area is 130 Å². The maximum absolute atomic E-state index is 4.81. The molecule has 3 aromatic rings. The van der Waals surface area contributed by atoms with Gasteiger partial charge in [0.2, 0.25) is 0 Å². The van der Waals surface area contributed by atoms with Crippen molar-refractivity contribution in [3.05, 3.63) is 36.0 Å². The van der Waals surface area contributed by atoms with Crippen LogP contribution < -0.4 is 0 Å². The van der Waals surface area contributed by atoms with Crippen molar-refractivity contribution in [2.45, 2.75) is 26.4 Å². The fourth-order valence-corrected chi connectivity index (χ4v) is 3.28. The van der Waals surface area contributed by atoms with Crippen LogP contribution in [-0.4, -0.2) is 37.3 Å². The van der Waals surface area contributed by atoms with Gasteiger partial charge in [-0.1, -0.05) is 19.1 Å². The van der Waals surface area contributed by atoms with E-state index in [9.17, 15) is 0 Å². The normalized spacial score (nSPS) is 15.9. The lowest BCUT2D eigenvalue weighted by atomic mass is 10.3. The van der Waals surface area contributed by atoms with Crippen LogP contribution in [0.25, 0.3) is 22.6 Å². The molecular formula is C17H21N5. The predicted molar refractivity (Wildman–Crippen MR) is 87.5 cm³/mol. The Balaban J connectivity index is 1.78. The molecule has 5 heteroatoms. The number of aryl methyl sites for hydroxylation is 2. The van der Waals surface area contributed by atoms with E-state index in [1.807, 2.05) is 6.07 Å². The summed E-state index contributed by atoms with van der Waals surface area (Å²) in [4.78, 5) is 7.23. The number of benzene rings is 1. The maximum atomic E-state index is 4.81. The van der Waals surface area contributed by atoms with Crippen LogP contribution in [0.2, 0.25) is 0 Å². The molecule has 3 heterocycles. The molecule has 0 unspecified atom stereocenters. The number of para-hydroxylation sites is 2. The molecule has 0 spiro atoms. The lowest BCUT2D eigenvalue weighted by Crippen LogP contribution is -2.22. The second-order valence-corrected chi connectivity index (χ2v) is 5.95. The summed E-state index contributed by atoms with van der Waals surface area (Å²) in [6.45, 7) is 6.44. The minimum atomic E-state index is 0.949. The van der Waals surface area contributed by atoms with Gasteiger partial charge in [-0.3, -0.25) is 9.58 Å². The van der Waals surface area contributed by atoms with Gasteiger partial charge >= 0.3 is 0 Å². The van der Waals surface area contributed by atoms with Gasteiger partial charge in [0.15, 0.2) is 5.82 Å². The van der Waals surface area contributed by atoms with Crippen LogP contribution in [0.1, 0.15) is 19.0 Å². The monoisotopic (exact) mass is 295 g/mol. The first-order valence-corrected chi connectivity index (χ1v) is 7.97. The van der Waals surface area contributed by atoms with Crippen molar-refractivity contribution in [2.75, 3.05) is 13.1 Å². The van der Waals surface area contributed by atoms with E-state index >= 15 is 0 Å². The predicted octanol–water partition coefficient (Wildman–Crippen LogP) is 2.66. The standard InChI is InChI=1S/C17H21N5/c1-3-21-9-6-10-22-13(12-21)11-15(19-22)17-18-14-7-4-5-8-16(14)20(17)2/h4-5,7-8,11H,3,6,9-10,12H2,1-2H3. The average Bonchev–Trinajstić information content (AvgIpc) is 3.02. The number of hydrogen-bond acceptors (Lipinski definition) is 3. The zero-order valence-electron chi connectivity index (χ0n) is 13.2. The molecule has 5 nitrogen and oxygen atoms in total. The molecule has 0 aliphatic carbocycles. The second kappa shape index (κ2) is 5.25. The molecule has 4 rings (SSSR count). The van der Waals surface area contributed by atoms with Crippen LogP contribution in [-0.2, 0) is 20.1 Å². The molecule has 2 aromatic heterocycles. The van der Waals surface area contributed by atoms with E-state index in [2.05, 4.69) is 52.4 Å². The van der Waals surface area contributed by atoms with E-state index in [1.54, 1.807) is 0 Å². The summed E-state index contributed by atoms with van der Waals surface area (Å²) >= 11 is 0. The van der Waals surface area contributed by atoms with Gasteiger partial charge in [0.25, 0.3) is 0 Å². The van der Waals surface area contributed by atoms with Crippen molar-refractivity contribution in [1.82, 2.24) is 24.2 Å². The van der Waals surface area contributed by atoms with Gasteiger partial charge in [0, 0.05) is 26.7 Å². The van der Waals surface area contributed by atoms with E-state index in [-0.39, 0.29) is 0 Å². The van der Waals surface area contributed by atoms with Crippen LogP contribution >= 0.6 is 0 Å². The third-order valence-electron chi connectivity index (χ3n) is 4.56. The Morgan fingerprint density at radius 2 is 2.05 bits per heavy atom. The van der Waals surface area contributed by atoms with Crippen molar-refractivity contribution in [3.63, 3.8) is 0 Å². The summed E-state index contributed by atoms with van der Waals surface area (Å²) in [6, 6.07) is 10.4. The highest BCUT2D eigenvalue weighted by atomic mass is 15.3. The number of aromatic nitrogens is 4. The zero-order valence-corrected chi connectivity index (χ0v) is 13.2. The number of fused-ring (bicyclic) bond motifs is 2. The fraction of sp³-hybridized carbons (Fsp3) is 0.412. The van der Waals surface area contributed by atoms with Gasteiger partial charge in [-0.05, 0) is 31.2 Å². The van der Waals surface area contributed by atoms with Crippen molar-refractivity contribution in [1.29, 1.82) is 0 Å². The summed E-state index contributed by atoms with van der Waals surface area (Å²) in [7, 11) is 2.06. The van der Waals surface area contributed by atoms with Crippen molar-refractivity contribution in [2.24, 2.45) is 7.05 Å². The van der Waals surface area contributed by atoms with Crippen LogP contribution in [0, 0.1) is 0 Å². The largest absolute Gasteiger partial charge is 0.326 e. The SMILES string of the molecule is CCN1CCCn2nc(-c3nc4ccccc4n3C)cc2C1. The molecule has 1 aliphatic heterocycles. The van der Waals surface area contributed by atoms with Crippen LogP contribution in [0.15, 0.2) is 30.3 Å². The van der Waals surface area contributed by atoms with Gasteiger partial charge in [0.05, 0.1) is 16.7 Å². The molecule has 0 saturated heterocycles. The van der Waals surface area contributed by atoms with Crippen molar-refractivity contribution in [3.8, 4) is 11.5 Å². The highest BCUT2D eigenvalue weighted by Crippen LogP contribution is 2.24. The zero-order chi connectivity index (χ0) is 15.1. The Kier molecular flexibility index (Phi) is 3.22. The van der Waals surface area contributed by atoms with Crippen molar-refractivity contribution >= 4 is 11.0 Å². The Hall–Kier alpha value is -2.14. The summed E-state index contributed by atoms with van der Waals surface area (Å²) in [5, 5.41) is 4.81. The van der Waals surface area contributed by atoms with E-state index in [0.717, 1.165) is 55.2 Å². The molecule has 1 aliphatic rings. The lowest BCUT2D eigenvalue weighted by Gasteiger charge is -2.15. The van der Waals surface area contributed by atoms with Crippen LogP contribution in [0.3, 0.4) is 0 Å². The molecular weight excluding hydrogens is 274 g/mol. The van der Waals surface area contributed by atoms with Gasteiger partial charge < -0.3 is 4.57 Å². The van der Waals surface area contributed by atoms with Gasteiger partial charge in [0.1, 0.15) is 5.69 Å². The molecule has 0 radical (unpaired) electrons. The van der Waals surface area contributed by atoms with Gasteiger partial charge in [-0.2, -0.15) is 5.10 Å². The molecule has 0 amide bonds. The Morgan fingerprint density at radius 3 is 2.86 bits per heavy atom. The number of hydrogen-bond donors (Lipinski definition) is 0. The third kappa shape index (κ3) is 2.13. The number of rotatable bonds is 2. The highest BCUT2D eigenvalue weighted by molar-refractivity contribution is 5.79. The first-order chi connectivity index (χ1) is 10.8. The van der Waals surface area contributed by atoms with E-state index in [4.69, 9.17) is 10.1 Å². The van der Waals surface area contributed by atoms with E-state index < -0.39 is 0 Å². The van der Waals surface area contributed by atoms with E-state index in [0.29, 0.717) is 0 Å². The smallest absolute Gasteiger partial charge is 0.161 e. The molecule has 22 heavy (non-hydrogen) atoms. The maximum Gasteiger partial charge on any atom is 0.161 e. The molecule has 0 N–H and O–H groups in total. The van der Waals surface area contributed by atoms with Gasteiger partial charge in [-0.25, -0.2) is 4.98 Å². The topological polar surface area (TPSA) is 38.9 Å². The lowest BCUT2D eigenvalue weighted by molar-refractivity contribution is 0.284. The summed E-state index contributed by atoms with van der Waals surface area (Å²) in [5.41, 5.74) is 4.45. The highest BCUT2D eigenvalue weighted by Gasteiger charge is 2.19. The van der Waals surface area contributed by atoms with Crippen LogP contribution in [0.4, 0.5) is 0 Å². The number of nitrogens with zero attached hydrogens (tertiary/aromatic N) is 5. The second-order valence-electron chi connectivity index (χ2n) is 5.95. The fourth-order valence-electron chi connectivity index (χ4n) is 3.28. The third-order valence-corrected chi connectivity index (χ3v) is 4.56. The average molecular weight is 295 g/mol. The minimum Gasteiger partial charge on any atom is -0.326 e. The molecule has 114 valence electrons. The Bertz CT molecular complexity index is 814. The van der Waals surface area contributed by atoms with Gasteiger partial charge in [-0.15, -0.1) is 0 Å². The molecule has 0 bridgehead atoms. The Morgan fingerprint density at radius 1 is 1.18 bits per heavy atom. The number of imidazole rings is 1. The molecule has 0 saturated carbocycles. The van der Waals surface area contributed by atoms with Crippen LogP contribution in [0.5, 0.6) is 0 Å². The van der Waals surface area contributed by atoms with Crippen molar-refractivity contribution < 1.29 is 0 Å². The first kappa shape index (κ1) is 13.5. The minimum absolute atomic E-state index is 0.949. The summed E-state index contributed by atoms with van der Waals surface area (Å²) in [6.07, 6.45) is 1.16. The molecule has 0 fully saturated rings.